The van der Waals surface area contributed by atoms with Crippen LogP contribution in [0.25, 0.3) is 0 Å². The number of ether oxygens (including phenoxy) is 1. The first kappa shape index (κ1) is 13.9. The summed E-state index contributed by atoms with van der Waals surface area (Å²) in [5.74, 6) is 1.65. The molecule has 0 saturated heterocycles. The minimum absolute atomic E-state index is 0.138. The summed E-state index contributed by atoms with van der Waals surface area (Å²) in [5.41, 5.74) is 4.34. The van der Waals surface area contributed by atoms with E-state index < -0.39 is 0 Å². The molecule has 0 aromatic heterocycles. The van der Waals surface area contributed by atoms with Crippen molar-refractivity contribution in [1.82, 2.24) is 0 Å². The highest BCUT2D eigenvalue weighted by Crippen LogP contribution is 2.49. The molecule has 2 aromatic carbocycles. The van der Waals surface area contributed by atoms with E-state index >= 15 is 0 Å². The van der Waals surface area contributed by atoms with Crippen LogP contribution in [0.5, 0.6) is 5.75 Å². The van der Waals surface area contributed by atoms with E-state index in [2.05, 4.69) is 18.2 Å². The quantitative estimate of drug-likeness (QED) is 0.781. The van der Waals surface area contributed by atoms with Gasteiger partial charge in [-0.1, -0.05) is 29.8 Å². The normalized spacial score (nSPS) is 20.1. The van der Waals surface area contributed by atoms with Gasteiger partial charge in [0.25, 0.3) is 0 Å². The van der Waals surface area contributed by atoms with Gasteiger partial charge in [0.05, 0.1) is 7.11 Å². The predicted octanol–water partition coefficient (Wildman–Crippen LogP) is 4.30. The van der Waals surface area contributed by atoms with Crippen molar-refractivity contribution in [3.8, 4) is 5.75 Å². The van der Waals surface area contributed by atoms with Gasteiger partial charge in [-0.25, -0.2) is 0 Å². The largest absolute Gasteiger partial charge is 0.497 e. The van der Waals surface area contributed by atoms with Gasteiger partial charge < -0.3 is 4.74 Å². The van der Waals surface area contributed by atoms with Crippen LogP contribution in [0.15, 0.2) is 42.5 Å². The number of aryl methyl sites for hydroxylation is 2. The third-order valence-electron chi connectivity index (χ3n) is 4.33. The molecule has 1 fully saturated rings. The highest BCUT2D eigenvalue weighted by Gasteiger charge is 2.44. The highest BCUT2D eigenvalue weighted by atomic mass is 16.5. The SMILES string of the molecule is COc1ccc(C2CC2C(=O)c2cc(C)ccc2C)cc1. The molecule has 0 bridgehead atoms. The lowest BCUT2D eigenvalue weighted by Crippen LogP contribution is -2.06. The number of carbonyl (C=O) groups excluding carboxylic acids is 1. The fourth-order valence-corrected chi connectivity index (χ4v) is 2.91. The average molecular weight is 280 g/mol. The summed E-state index contributed by atoms with van der Waals surface area (Å²) >= 11 is 0. The van der Waals surface area contributed by atoms with Crippen molar-refractivity contribution in [3.05, 3.63) is 64.7 Å². The van der Waals surface area contributed by atoms with E-state index in [-0.39, 0.29) is 11.7 Å². The van der Waals surface area contributed by atoms with Crippen molar-refractivity contribution in [1.29, 1.82) is 0 Å². The van der Waals surface area contributed by atoms with Crippen LogP contribution >= 0.6 is 0 Å². The molecule has 108 valence electrons. The van der Waals surface area contributed by atoms with Gasteiger partial charge in [-0.3, -0.25) is 4.79 Å². The van der Waals surface area contributed by atoms with E-state index in [0.29, 0.717) is 5.92 Å². The number of methoxy groups -OCH3 is 1. The molecule has 1 saturated carbocycles. The second-order valence-corrected chi connectivity index (χ2v) is 5.90. The maximum Gasteiger partial charge on any atom is 0.166 e. The first-order chi connectivity index (χ1) is 10.1. The van der Waals surface area contributed by atoms with Gasteiger partial charge >= 0.3 is 0 Å². The fraction of sp³-hybridized carbons (Fsp3) is 0.316. The molecule has 0 spiro atoms. The Labute approximate surface area is 125 Å². The second-order valence-electron chi connectivity index (χ2n) is 5.90. The molecule has 2 aromatic rings. The molecule has 0 amide bonds. The third-order valence-corrected chi connectivity index (χ3v) is 4.33. The van der Waals surface area contributed by atoms with E-state index in [1.54, 1.807) is 7.11 Å². The number of carbonyl (C=O) groups is 1. The summed E-state index contributed by atoms with van der Waals surface area (Å²) in [6, 6.07) is 14.2. The number of hydrogen-bond donors (Lipinski definition) is 0. The molecule has 21 heavy (non-hydrogen) atoms. The molecular weight excluding hydrogens is 260 g/mol. The van der Waals surface area contributed by atoms with E-state index in [1.165, 1.54) is 5.56 Å². The third kappa shape index (κ3) is 2.71. The van der Waals surface area contributed by atoms with Crippen LogP contribution < -0.4 is 4.74 Å². The molecule has 0 heterocycles. The molecule has 1 aliphatic rings. The Morgan fingerprint density at radius 2 is 1.81 bits per heavy atom. The highest BCUT2D eigenvalue weighted by molar-refractivity contribution is 6.01. The van der Waals surface area contributed by atoms with Crippen LogP contribution in [-0.2, 0) is 0 Å². The molecule has 3 rings (SSSR count). The summed E-state index contributed by atoms with van der Waals surface area (Å²) in [6.45, 7) is 4.04. The van der Waals surface area contributed by atoms with Crippen LogP contribution in [0, 0.1) is 19.8 Å². The lowest BCUT2D eigenvalue weighted by molar-refractivity contribution is 0.0964. The average Bonchev–Trinajstić information content (AvgIpc) is 3.29. The maximum absolute atomic E-state index is 12.7. The van der Waals surface area contributed by atoms with Crippen LogP contribution in [0.2, 0.25) is 0 Å². The smallest absolute Gasteiger partial charge is 0.166 e. The molecule has 2 heteroatoms. The van der Waals surface area contributed by atoms with Gasteiger partial charge in [-0.15, -0.1) is 0 Å². The Kier molecular flexibility index (Phi) is 3.54. The van der Waals surface area contributed by atoms with E-state index in [0.717, 1.165) is 28.9 Å². The van der Waals surface area contributed by atoms with Crippen molar-refractivity contribution < 1.29 is 9.53 Å². The van der Waals surface area contributed by atoms with Gasteiger partial charge in [0.1, 0.15) is 5.75 Å². The molecule has 2 atom stereocenters. The number of Topliss-reactive ketones (excluding diaryl/α,β-unsaturated/α-hetero) is 1. The van der Waals surface area contributed by atoms with Crippen molar-refractivity contribution in [2.75, 3.05) is 7.11 Å². The number of hydrogen-bond acceptors (Lipinski definition) is 2. The maximum atomic E-state index is 12.7. The number of ketones is 1. The summed E-state index contributed by atoms with van der Waals surface area (Å²) < 4.78 is 5.17. The first-order valence-corrected chi connectivity index (χ1v) is 7.35. The molecule has 2 unspecified atom stereocenters. The zero-order valence-corrected chi connectivity index (χ0v) is 12.7. The molecule has 2 nitrogen and oxygen atoms in total. The van der Waals surface area contributed by atoms with Crippen LogP contribution in [0.3, 0.4) is 0 Å². The zero-order valence-electron chi connectivity index (χ0n) is 12.7. The van der Waals surface area contributed by atoms with E-state index in [1.807, 2.05) is 38.1 Å². The molecule has 0 radical (unpaired) electrons. The summed E-state index contributed by atoms with van der Waals surface area (Å²) in [5, 5.41) is 0. The lowest BCUT2D eigenvalue weighted by Gasteiger charge is -2.06. The van der Waals surface area contributed by atoms with Gasteiger partial charge in [-0.05, 0) is 55.5 Å². The zero-order chi connectivity index (χ0) is 15.0. The summed E-state index contributed by atoms with van der Waals surface area (Å²) in [7, 11) is 1.67. The Balaban J connectivity index is 1.77. The Morgan fingerprint density at radius 3 is 2.48 bits per heavy atom. The number of benzene rings is 2. The van der Waals surface area contributed by atoms with Crippen molar-refractivity contribution in [2.45, 2.75) is 26.2 Å². The Bertz CT molecular complexity index is 670. The summed E-state index contributed by atoms with van der Waals surface area (Å²) in [6.07, 6.45) is 0.957. The monoisotopic (exact) mass is 280 g/mol. The first-order valence-electron chi connectivity index (χ1n) is 7.35. The van der Waals surface area contributed by atoms with Crippen LogP contribution in [0.1, 0.15) is 39.4 Å². The standard InChI is InChI=1S/C19H20O2/c1-12-4-5-13(2)16(10-12)19(20)18-11-17(18)14-6-8-15(21-3)9-7-14/h4-10,17-18H,11H2,1-3H3. The van der Waals surface area contributed by atoms with Crippen molar-refractivity contribution in [2.24, 2.45) is 5.92 Å². The minimum Gasteiger partial charge on any atom is -0.497 e. The summed E-state index contributed by atoms with van der Waals surface area (Å²) in [4.78, 5) is 12.7. The van der Waals surface area contributed by atoms with Crippen LogP contribution in [0.4, 0.5) is 0 Å². The molecule has 0 aliphatic heterocycles. The topological polar surface area (TPSA) is 26.3 Å². The Morgan fingerprint density at radius 1 is 1.10 bits per heavy atom. The lowest BCUT2D eigenvalue weighted by atomic mass is 9.97. The Hall–Kier alpha value is -2.09. The van der Waals surface area contributed by atoms with Crippen LogP contribution in [-0.4, -0.2) is 12.9 Å². The number of rotatable bonds is 4. The fourth-order valence-electron chi connectivity index (χ4n) is 2.91. The van der Waals surface area contributed by atoms with Gasteiger partial charge in [-0.2, -0.15) is 0 Å². The van der Waals surface area contributed by atoms with E-state index in [4.69, 9.17) is 4.74 Å². The van der Waals surface area contributed by atoms with Gasteiger partial charge in [0.15, 0.2) is 5.78 Å². The molecular formula is C19H20O2. The predicted molar refractivity (Wildman–Crippen MR) is 84.1 cm³/mol. The van der Waals surface area contributed by atoms with E-state index in [9.17, 15) is 4.79 Å². The van der Waals surface area contributed by atoms with Crippen molar-refractivity contribution >= 4 is 5.78 Å². The minimum atomic E-state index is 0.138. The second kappa shape index (κ2) is 5.36. The molecule has 0 N–H and O–H groups in total. The van der Waals surface area contributed by atoms with Crippen molar-refractivity contribution in [3.63, 3.8) is 0 Å². The van der Waals surface area contributed by atoms with Gasteiger partial charge in [0, 0.05) is 11.5 Å². The van der Waals surface area contributed by atoms with Gasteiger partial charge in [0.2, 0.25) is 0 Å². The molecule has 1 aliphatic carbocycles.